The van der Waals surface area contributed by atoms with Gasteiger partial charge in [-0.3, -0.25) is 14.5 Å². The molecule has 2 rings (SSSR count). The standard InChI is InChI=1S/C13H16IN3O5S/c1-6(2)22-13(16-8(18)5-15)7(4-14)11(12(20)21)17-9(19)3-10(17)23-13/h5-6,10,15H,3-4H2,1-2H3,(H,16,18)(H,20,21)/t10-,13?/m1/s1. The third-order valence-corrected chi connectivity index (χ3v) is 5.48. The van der Waals surface area contributed by atoms with E-state index in [1.807, 2.05) is 22.6 Å². The summed E-state index contributed by atoms with van der Waals surface area (Å²) in [4.78, 5) is 36.5. The van der Waals surface area contributed by atoms with E-state index in [9.17, 15) is 19.5 Å². The van der Waals surface area contributed by atoms with E-state index in [1.165, 1.54) is 16.7 Å². The van der Waals surface area contributed by atoms with Crippen LogP contribution in [0.25, 0.3) is 0 Å². The predicted molar refractivity (Wildman–Crippen MR) is 92.3 cm³/mol. The Labute approximate surface area is 150 Å². The molecule has 10 heteroatoms. The molecule has 23 heavy (non-hydrogen) atoms. The maximum Gasteiger partial charge on any atom is 0.352 e. The molecule has 0 saturated carbocycles. The summed E-state index contributed by atoms with van der Waals surface area (Å²) in [6.07, 6.45) is 0.485. The number of nitrogens with zero attached hydrogens (tertiary/aromatic N) is 1. The van der Waals surface area contributed by atoms with Crippen molar-refractivity contribution in [2.24, 2.45) is 0 Å². The van der Waals surface area contributed by atoms with Gasteiger partial charge in [-0.25, -0.2) is 4.79 Å². The highest BCUT2D eigenvalue weighted by Crippen LogP contribution is 2.50. The number of thioether (sulfide) groups is 1. The number of aliphatic carboxylic acids is 1. The van der Waals surface area contributed by atoms with Crippen molar-refractivity contribution in [2.45, 2.75) is 36.8 Å². The number of hydrogen-bond acceptors (Lipinski definition) is 6. The van der Waals surface area contributed by atoms with Crippen LogP contribution in [0.4, 0.5) is 0 Å². The van der Waals surface area contributed by atoms with Crippen molar-refractivity contribution in [3.8, 4) is 0 Å². The van der Waals surface area contributed by atoms with Crippen LogP contribution in [0.5, 0.6) is 0 Å². The number of fused-ring (bicyclic) bond motifs is 1. The van der Waals surface area contributed by atoms with Crippen LogP contribution < -0.4 is 5.32 Å². The average Bonchev–Trinajstić information content (AvgIpc) is 2.44. The van der Waals surface area contributed by atoms with E-state index in [0.29, 0.717) is 11.8 Å². The first-order valence-electron chi connectivity index (χ1n) is 6.79. The number of carbonyl (C=O) groups excluding carboxylic acids is 2. The minimum absolute atomic E-state index is 0.148. The highest BCUT2D eigenvalue weighted by Gasteiger charge is 2.56. The zero-order valence-corrected chi connectivity index (χ0v) is 15.4. The molecule has 2 aliphatic rings. The van der Waals surface area contributed by atoms with E-state index in [1.54, 1.807) is 13.8 Å². The van der Waals surface area contributed by atoms with Crippen LogP contribution in [0.15, 0.2) is 11.3 Å². The lowest BCUT2D eigenvalue weighted by Crippen LogP contribution is -2.63. The largest absolute Gasteiger partial charge is 0.477 e. The molecule has 2 amide bonds. The first kappa shape index (κ1) is 18.2. The Morgan fingerprint density at radius 1 is 1.65 bits per heavy atom. The number of carboxylic acid groups (broad SMARTS) is 1. The Morgan fingerprint density at radius 3 is 2.74 bits per heavy atom. The zero-order chi connectivity index (χ0) is 17.4. The molecule has 0 aromatic heterocycles. The molecular weight excluding hydrogens is 437 g/mol. The fourth-order valence-corrected chi connectivity index (χ4v) is 5.27. The van der Waals surface area contributed by atoms with E-state index in [-0.39, 0.29) is 28.6 Å². The second kappa shape index (κ2) is 6.77. The molecule has 2 heterocycles. The van der Waals surface area contributed by atoms with Gasteiger partial charge in [0.2, 0.25) is 11.0 Å². The Hall–Kier alpha value is -1.14. The summed E-state index contributed by atoms with van der Waals surface area (Å²) in [7, 11) is 0. The van der Waals surface area contributed by atoms with Crippen LogP contribution in [0, 0.1) is 5.41 Å². The summed E-state index contributed by atoms with van der Waals surface area (Å²) >= 11 is 3.15. The number of ether oxygens (including phenoxy) is 1. The summed E-state index contributed by atoms with van der Waals surface area (Å²) in [5.74, 6) is -2.20. The number of amides is 2. The summed E-state index contributed by atoms with van der Waals surface area (Å²) in [6, 6.07) is 0. The fourth-order valence-electron chi connectivity index (χ4n) is 2.46. The quantitative estimate of drug-likeness (QED) is 0.181. The van der Waals surface area contributed by atoms with Crippen molar-refractivity contribution in [3.05, 3.63) is 11.3 Å². The molecule has 126 valence electrons. The van der Waals surface area contributed by atoms with Crippen LogP contribution in [0.2, 0.25) is 0 Å². The van der Waals surface area contributed by atoms with E-state index in [0.717, 1.165) is 0 Å². The first-order valence-corrected chi connectivity index (χ1v) is 9.19. The minimum atomic E-state index is -1.40. The van der Waals surface area contributed by atoms with Gasteiger partial charge in [-0.1, -0.05) is 34.4 Å². The molecule has 1 unspecified atom stereocenters. The van der Waals surface area contributed by atoms with Crippen molar-refractivity contribution in [1.82, 2.24) is 10.2 Å². The first-order chi connectivity index (χ1) is 10.8. The van der Waals surface area contributed by atoms with Gasteiger partial charge in [0.15, 0.2) is 0 Å². The topological polar surface area (TPSA) is 120 Å². The molecule has 0 aliphatic carbocycles. The zero-order valence-electron chi connectivity index (χ0n) is 12.5. The molecule has 8 nitrogen and oxygen atoms in total. The Morgan fingerprint density at radius 2 is 2.30 bits per heavy atom. The maximum atomic E-state index is 11.8. The number of carbonyl (C=O) groups is 3. The van der Waals surface area contributed by atoms with Crippen molar-refractivity contribution in [2.75, 3.05) is 4.43 Å². The van der Waals surface area contributed by atoms with Crippen LogP contribution in [-0.4, -0.2) is 55.0 Å². The second-order valence-corrected chi connectivity index (χ2v) is 7.34. The maximum absolute atomic E-state index is 11.8. The van der Waals surface area contributed by atoms with Crippen LogP contribution >= 0.6 is 34.4 Å². The van der Waals surface area contributed by atoms with Crippen molar-refractivity contribution >= 4 is 58.4 Å². The molecule has 0 aromatic rings. The van der Waals surface area contributed by atoms with Gasteiger partial charge in [-0.15, -0.1) is 0 Å². The van der Waals surface area contributed by atoms with Crippen LogP contribution in [0.3, 0.4) is 0 Å². The predicted octanol–water partition coefficient (Wildman–Crippen LogP) is 0.910. The van der Waals surface area contributed by atoms with E-state index in [4.69, 9.17) is 10.1 Å². The van der Waals surface area contributed by atoms with E-state index < -0.39 is 22.3 Å². The minimum Gasteiger partial charge on any atom is -0.477 e. The number of halogens is 1. The van der Waals surface area contributed by atoms with Crippen LogP contribution in [0.1, 0.15) is 20.3 Å². The number of nitrogens with one attached hydrogen (secondary N) is 2. The highest BCUT2D eigenvalue weighted by atomic mass is 127. The number of carboxylic acids is 1. The molecule has 1 saturated heterocycles. The second-order valence-electron chi connectivity index (χ2n) is 5.22. The number of rotatable bonds is 6. The third kappa shape index (κ3) is 3.24. The monoisotopic (exact) mass is 453 g/mol. The van der Waals surface area contributed by atoms with Gasteiger partial charge in [0, 0.05) is 10.0 Å². The highest BCUT2D eigenvalue weighted by molar-refractivity contribution is 14.1. The van der Waals surface area contributed by atoms with Gasteiger partial charge < -0.3 is 20.6 Å². The Bertz CT molecular complexity index is 608. The van der Waals surface area contributed by atoms with Crippen LogP contribution in [-0.2, 0) is 19.1 Å². The summed E-state index contributed by atoms with van der Waals surface area (Å²) in [5, 5.41) is 17.4. The number of hydrogen-bond donors (Lipinski definition) is 3. The van der Waals surface area contributed by atoms with Gasteiger partial charge in [0.05, 0.1) is 24.1 Å². The Kier molecular flexibility index (Phi) is 5.36. The van der Waals surface area contributed by atoms with Gasteiger partial charge >= 0.3 is 5.97 Å². The molecule has 2 atom stereocenters. The van der Waals surface area contributed by atoms with Gasteiger partial charge in [-0.2, -0.15) is 0 Å². The lowest BCUT2D eigenvalue weighted by molar-refractivity contribution is -0.147. The molecule has 0 radical (unpaired) electrons. The summed E-state index contributed by atoms with van der Waals surface area (Å²) < 4.78 is 6.13. The number of alkyl halides is 1. The molecule has 0 bridgehead atoms. The van der Waals surface area contributed by atoms with Gasteiger partial charge in [0.1, 0.15) is 5.70 Å². The molecule has 0 spiro atoms. The molecule has 0 aromatic carbocycles. The molecular formula is C13H16IN3O5S. The van der Waals surface area contributed by atoms with Crippen molar-refractivity contribution in [1.29, 1.82) is 5.41 Å². The van der Waals surface area contributed by atoms with Gasteiger partial charge in [-0.05, 0) is 13.8 Å². The summed E-state index contributed by atoms with van der Waals surface area (Å²) in [5.41, 5.74) is 0.147. The average molecular weight is 453 g/mol. The molecule has 1 fully saturated rings. The van der Waals surface area contributed by atoms with E-state index >= 15 is 0 Å². The van der Waals surface area contributed by atoms with Crippen molar-refractivity contribution < 1.29 is 24.2 Å². The smallest absolute Gasteiger partial charge is 0.352 e. The molecule has 2 aliphatic heterocycles. The SMILES string of the molecule is CC(C)OC1(NC(=O)C=N)S[C@@H]2CC(=O)N2C(C(=O)O)=C1CI. The van der Waals surface area contributed by atoms with Crippen molar-refractivity contribution in [3.63, 3.8) is 0 Å². The van der Waals surface area contributed by atoms with Gasteiger partial charge in [0.25, 0.3) is 5.91 Å². The third-order valence-electron chi connectivity index (χ3n) is 3.29. The van der Waals surface area contributed by atoms with E-state index in [2.05, 4.69) is 5.32 Å². The lowest BCUT2D eigenvalue weighted by Gasteiger charge is -2.51. The fraction of sp³-hybridized carbons (Fsp3) is 0.538. The normalized spacial score (nSPS) is 26.7. The number of β-lactam (4-membered cyclic amide) rings is 1. The lowest BCUT2D eigenvalue weighted by atomic mass is 10.1. The Balaban J connectivity index is 2.60. The summed E-state index contributed by atoms with van der Waals surface area (Å²) in [6.45, 7) is 3.53. The molecule has 3 N–H and O–H groups in total.